The molecule has 0 bridgehead atoms. The third kappa shape index (κ3) is 3.97. The van der Waals surface area contributed by atoms with Crippen molar-refractivity contribution in [2.24, 2.45) is 4.99 Å². The van der Waals surface area contributed by atoms with E-state index in [1.165, 1.54) is 42.5 Å². The minimum Gasteiger partial charge on any atom is -0.858 e. The highest BCUT2D eigenvalue weighted by Crippen LogP contribution is 2.38. The highest BCUT2D eigenvalue weighted by Gasteiger charge is 2.34. The van der Waals surface area contributed by atoms with E-state index in [0.29, 0.717) is 0 Å². The zero-order valence-electron chi connectivity index (χ0n) is 13.6. The second kappa shape index (κ2) is 7.19. The van der Waals surface area contributed by atoms with E-state index >= 15 is 0 Å². The van der Waals surface area contributed by atoms with Crippen LogP contribution in [0.4, 0.5) is 27.6 Å². The molecule has 27 heavy (non-hydrogen) atoms. The molecule has 0 amide bonds. The van der Waals surface area contributed by atoms with E-state index in [2.05, 4.69) is 4.99 Å². The van der Waals surface area contributed by atoms with E-state index in [4.69, 9.17) is 0 Å². The Balaban J connectivity index is 1.98. The topological polar surface area (TPSA) is 35.4 Å². The summed E-state index contributed by atoms with van der Waals surface area (Å²) in [5.41, 5.74) is -1.82. The quantitative estimate of drug-likeness (QED) is 0.356. The molecule has 138 valence electrons. The van der Waals surface area contributed by atoms with Gasteiger partial charge in [-0.2, -0.15) is 13.2 Å². The molecule has 0 aliphatic heterocycles. The standard InChI is InChI=1S/C20H12F5NO/c21-16-6-2-1-4-14(16)19(27)26-13-10-8-12(9-11-13)18-15(20(23,24)25)5-3-7-17(18)22/h1-11H,(H,26,27)/p-1. The summed E-state index contributed by atoms with van der Waals surface area (Å²) < 4.78 is 67.0. The van der Waals surface area contributed by atoms with Gasteiger partial charge in [0.1, 0.15) is 11.6 Å². The second-order valence-corrected chi connectivity index (χ2v) is 5.60. The molecule has 0 aliphatic carbocycles. The lowest BCUT2D eigenvalue weighted by Gasteiger charge is -2.14. The van der Waals surface area contributed by atoms with Crippen molar-refractivity contribution in [1.29, 1.82) is 0 Å². The van der Waals surface area contributed by atoms with Crippen LogP contribution in [0.25, 0.3) is 11.1 Å². The minimum absolute atomic E-state index is 0.0160. The first-order valence-corrected chi connectivity index (χ1v) is 7.74. The van der Waals surface area contributed by atoms with Crippen LogP contribution in [-0.2, 0) is 6.18 Å². The van der Waals surface area contributed by atoms with Gasteiger partial charge >= 0.3 is 6.18 Å². The fraction of sp³-hybridized carbons (Fsp3) is 0.0500. The summed E-state index contributed by atoms with van der Waals surface area (Å²) in [6, 6.07) is 13.0. The number of alkyl halides is 3. The number of aliphatic imine (C=N–C) groups is 1. The number of halogens is 5. The van der Waals surface area contributed by atoms with Gasteiger partial charge < -0.3 is 5.11 Å². The summed E-state index contributed by atoms with van der Waals surface area (Å²) in [5.74, 6) is -2.58. The van der Waals surface area contributed by atoms with Gasteiger partial charge in [0, 0.05) is 11.1 Å². The maximum absolute atomic E-state index is 14.0. The van der Waals surface area contributed by atoms with Gasteiger partial charge in [-0.25, -0.2) is 8.78 Å². The van der Waals surface area contributed by atoms with Gasteiger partial charge in [-0.15, -0.1) is 0 Å². The Morgan fingerprint density at radius 2 is 1.41 bits per heavy atom. The normalized spacial score (nSPS) is 12.3. The van der Waals surface area contributed by atoms with Crippen molar-refractivity contribution in [1.82, 2.24) is 0 Å². The van der Waals surface area contributed by atoms with Crippen LogP contribution in [0, 0.1) is 11.6 Å². The molecule has 3 aromatic carbocycles. The van der Waals surface area contributed by atoms with Crippen molar-refractivity contribution >= 4 is 11.6 Å². The van der Waals surface area contributed by atoms with Gasteiger partial charge in [0.05, 0.1) is 11.3 Å². The average molecular weight is 376 g/mol. The smallest absolute Gasteiger partial charge is 0.417 e. The Hall–Kier alpha value is -3.22. The summed E-state index contributed by atoms with van der Waals surface area (Å²) >= 11 is 0. The first-order valence-electron chi connectivity index (χ1n) is 7.74. The molecule has 0 unspecified atom stereocenters. The van der Waals surface area contributed by atoms with Crippen molar-refractivity contribution in [3.63, 3.8) is 0 Å². The molecule has 0 heterocycles. The Kier molecular flexibility index (Phi) is 4.94. The molecule has 0 fully saturated rings. The van der Waals surface area contributed by atoms with Crippen molar-refractivity contribution < 1.29 is 27.1 Å². The van der Waals surface area contributed by atoms with Crippen molar-refractivity contribution in [3.05, 3.63) is 89.5 Å². The molecule has 2 nitrogen and oxygen atoms in total. The zero-order chi connectivity index (χ0) is 19.6. The lowest BCUT2D eigenvalue weighted by molar-refractivity contribution is -0.212. The number of nitrogens with zero attached hydrogens (tertiary/aromatic N) is 1. The highest BCUT2D eigenvalue weighted by atomic mass is 19.4. The molecular formula is C20H11F5NO-. The fourth-order valence-electron chi connectivity index (χ4n) is 2.57. The lowest BCUT2D eigenvalue weighted by Crippen LogP contribution is -2.19. The molecule has 3 rings (SSSR count). The van der Waals surface area contributed by atoms with Crippen LogP contribution in [0.5, 0.6) is 0 Å². The molecule has 3 aromatic rings. The Labute approximate surface area is 151 Å². The lowest BCUT2D eigenvalue weighted by atomic mass is 9.98. The maximum Gasteiger partial charge on any atom is 0.417 e. The molecule has 0 saturated heterocycles. The van der Waals surface area contributed by atoms with E-state index in [1.54, 1.807) is 0 Å². The molecule has 0 radical (unpaired) electrons. The summed E-state index contributed by atoms with van der Waals surface area (Å²) in [4.78, 5) is 3.72. The summed E-state index contributed by atoms with van der Waals surface area (Å²) in [7, 11) is 0. The summed E-state index contributed by atoms with van der Waals surface area (Å²) in [6.45, 7) is 0. The zero-order valence-corrected chi connectivity index (χ0v) is 13.6. The number of benzene rings is 3. The van der Waals surface area contributed by atoms with E-state index in [1.807, 2.05) is 0 Å². The third-order valence-electron chi connectivity index (χ3n) is 3.81. The monoisotopic (exact) mass is 376 g/mol. The molecule has 0 atom stereocenters. The largest absolute Gasteiger partial charge is 0.858 e. The molecule has 0 aliphatic rings. The number of hydrogen-bond donors (Lipinski definition) is 0. The first kappa shape index (κ1) is 18.6. The fourth-order valence-corrected chi connectivity index (χ4v) is 2.57. The van der Waals surface area contributed by atoms with Gasteiger partial charge in [0.25, 0.3) is 0 Å². The first-order chi connectivity index (χ1) is 12.8. The van der Waals surface area contributed by atoms with E-state index in [0.717, 1.165) is 24.3 Å². The van der Waals surface area contributed by atoms with Crippen molar-refractivity contribution in [2.45, 2.75) is 6.18 Å². The molecule has 7 heteroatoms. The molecule has 0 aromatic heterocycles. The minimum atomic E-state index is -4.72. The van der Waals surface area contributed by atoms with Crippen LogP contribution in [0.3, 0.4) is 0 Å². The Morgan fingerprint density at radius 3 is 2.04 bits per heavy atom. The van der Waals surface area contributed by atoms with E-state index in [-0.39, 0.29) is 16.8 Å². The van der Waals surface area contributed by atoms with Crippen LogP contribution in [0.1, 0.15) is 11.1 Å². The molecule has 0 saturated carbocycles. The van der Waals surface area contributed by atoms with Crippen molar-refractivity contribution in [2.75, 3.05) is 0 Å². The van der Waals surface area contributed by atoms with Crippen LogP contribution in [-0.4, -0.2) is 5.90 Å². The Morgan fingerprint density at radius 1 is 0.778 bits per heavy atom. The van der Waals surface area contributed by atoms with Crippen LogP contribution in [0.2, 0.25) is 0 Å². The van der Waals surface area contributed by atoms with E-state index in [9.17, 15) is 27.1 Å². The van der Waals surface area contributed by atoms with Gasteiger partial charge in [0.2, 0.25) is 0 Å². The van der Waals surface area contributed by atoms with Crippen LogP contribution < -0.4 is 5.11 Å². The van der Waals surface area contributed by atoms with E-state index < -0.39 is 34.8 Å². The number of rotatable bonds is 3. The second-order valence-electron chi connectivity index (χ2n) is 5.60. The molecule has 0 N–H and O–H groups in total. The van der Waals surface area contributed by atoms with Crippen molar-refractivity contribution in [3.8, 4) is 11.1 Å². The molecule has 0 spiro atoms. The summed E-state index contributed by atoms with van der Waals surface area (Å²) in [5, 5.41) is 12.0. The summed E-state index contributed by atoms with van der Waals surface area (Å²) in [6.07, 6.45) is -4.72. The van der Waals surface area contributed by atoms with Gasteiger partial charge in [-0.1, -0.05) is 36.4 Å². The Bertz CT molecular complexity index is 994. The van der Waals surface area contributed by atoms with Crippen LogP contribution in [0.15, 0.2) is 71.7 Å². The number of hydrogen-bond acceptors (Lipinski definition) is 2. The van der Waals surface area contributed by atoms with Gasteiger partial charge in [0.15, 0.2) is 0 Å². The predicted molar refractivity (Wildman–Crippen MR) is 89.4 cm³/mol. The maximum atomic E-state index is 14.0. The average Bonchev–Trinajstić information content (AvgIpc) is 2.62. The highest BCUT2D eigenvalue weighted by molar-refractivity contribution is 5.92. The van der Waals surface area contributed by atoms with Crippen LogP contribution >= 0.6 is 0 Å². The predicted octanol–water partition coefficient (Wildman–Crippen LogP) is 5.09. The molecular weight excluding hydrogens is 365 g/mol. The SMILES string of the molecule is [O-]C(=Nc1ccc(-c2c(F)cccc2C(F)(F)F)cc1)c1ccccc1F. The van der Waals surface area contributed by atoms with Gasteiger partial charge in [-0.3, -0.25) is 4.99 Å². The van der Waals surface area contributed by atoms with Gasteiger partial charge in [-0.05, 0) is 41.8 Å². The third-order valence-corrected chi connectivity index (χ3v) is 3.81.